The average molecular weight is 398 g/mol. The number of nitrogens with two attached hydrogens (primary N) is 1. The molecule has 2 heterocycles. The Morgan fingerprint density at radius 3 is 2.72 bits per heavy atom. The van der Waals surface area contributed by atoms with Gasteiger partial charge in [0.2, 0.25) is 5.91 Å². The van der Waals surface area contributed by atoms with Crippen LogP contribution in [0.5, 0.6) is 0 Å². The molecule has 2 aromatic rings. The van der Waals surface area contributed by atoms with Crippen LogP contribution in [0.15, 0.2) is 12.1 Å². The quantitative estimate of drug-likeness (QED) is 0.783. The minimum Gasteiger partial charge on any atom is -0.365 e. The maximum absolute atomic E-state index is 12.4. The number of carbonyl (C=O) groups is 2. The largest absolute Gasteiger partial charge is 0.365 e. The number of fused-ring (bicyclic) bond motifs is 1. The van der Waals surface area contributed by atoms with E-state index < -0.39 is 5.91 Å². The van der Waals surface area contributed by atoms with Crippen molar-refractivity contribution in [3.05, 3.63) is 37.4 Å². The third-order valence-corrected chi connectivity index (χ3v) is 6.56. The molecule has 1 aliphatic rings. The van der Waals surface area contributed by atoms with E-state index in [0.717, 1.165) is 40.5 Å². The molecule has 3 rings (SSSR count). The van der Waals surface area contributed by atoms with Crippen molar-refractivity contribution in [2.45, 2.75) is 32.2 Å². The van der Waals surface area contributed by atoms with Crippen LogP contribution in [0, 0.1) is 0 Å². The highest BCUT2D eigenvalue weighted by molar-refractivity contribution is 7.17. The zero-order valence-corrected chi connectivity index (χ0v) is 16.3. The number of hydrogen-bond acceptors (Lipinski definition) is 5. The van der Waals surface area contributed by atoms with Crippen molar-refractivity contribution in [2.24, 2.45) is 5.73 Å². The first-order valence-corrected chi connectivity index (χ1v) is 10.1. The number of anilines is 1. The molecule has 134 valence electrons. The van der Waals surface area contributed by atoms with Crippen LogP contribution in [-0.2, 0) is 24.2 Å². The van der Waals surface area contributed by atoms with Gasteiger partial charge in [0.15, 0.2) is 0 Å². The molecule has 0 unspecified atom stereocenters. The molecule has 0 radical (unpaired) electrons. The summed E-state index contributed by atoms with van der Waals surface area (Å²) in [6.45, 7) is 0.880. The van der Waals surface area contributed by atoms with Crippen molar-refractivity contribution in [1.82, 2.24) is 4.90 Å². The van der Waals surface area contributed by atoms with E-state index in [1.165, 1.54) is 27.6 Å². The molecule has 0 spiro atoms. The Morgan fingerprint density at radius 2 is 2.04 bits per heavy atom. The monoisotopic (exact) mass is 397 g/mol. The lowest BCUT2D eigenvalue weighted by atomic mass is 9.95. The van der Waals surface area contributed by atoms with Crippen LogP contribution in [0.25, 0.3) is 0 Å². The van der Waals surface area contributed by atoms with Crippen molar-refractivity contribution in [3.63, 3.8) is 0 Å². The van der Waals surface area contributed by atoms with Gasteiger partial charge in [-0.2, -0.15) is 0 Å². The molecule has 0 aromatic carbocycles. The third-order valence-electron chi connectivity index (χ3n) is 4.14. The lowest BCUT2D eigenvalue weighted by Gasteiger charge is -2.15. The molecule has 0 bridgehead atoms. The normalized spacial score (nSPS) is 13.7. The molecule has 1 aliphatic carbocycles. The summed E-state index contributed by atoms with van der Waals surface area (Å²) in [5.74, 6) is -0.609. The molecule has 2 aromatic heterocycles. The van der Waals surface area contributed by atoms with E-state index in [-0.39, 0.29) is 12.5 Å². The van der Waals surface area contributed by atoms with Gasteiger partial charge in [0, 0.05) is 16.3 Å². The van der Waals surface area contributed by atoms with E-state index in [0.29, 0.717) is 17.1 Å². The van der Waals surface area contributed by atoms with Crippen LogP contribution in [-0.4, -0.2) is 30.3 Å². The molecule has 0 fully saturated rings. The van der Waals surface area contributed by atoms with Crippen molar-refractivity contribution >= 4 is 51.1 Å². The Hall–Kier alpha value is -1.41. The van der Waals surface area contributed by atoms with Gasteiger partial charge < -0.3 is 11.1 Å². The van der Waals surface area contributed by atoms with E-state index >= 15 is 0 Å². The number of primary amides is 1. The second-order valence-corrected chi connectivity index (χ2v) is 9.11. The van der Waals surface area contributed by atoms with Crippen LogP contribution in [0.2, 0.25) is 4.34 Å². The van der Waals surface area contributed by atoms with Crippen molar-refractivity contribution in [3.8, 4) is 0 Å². The number of aryl methyl sites for hydroxylation is 1. The highest BCUT2D eigenvalue weighted by atomic mass is 35.5. The van der Waals surface area contributed by atoms with E-state index in [1.807, 2.05) is 24.1 Å². The predicted octanol–water partition coefficient (Wildman–Crippen LogP) is 3.51. The Morgan fingerprint density at radius 1 is 1.28 bits per heavy atom. The number of carbonyl (C=O) groups excluding carboxylic acids is 2. The predicted molar refractivity (Wildman–Crippen MR) is 104 cm³/mol. The fourth-order valence-electron chi connectivity index (χ4n) is 3.08. The van der Waals surface area contributed by atoms with E-state index in [1.54, 1.807) is 0 Å². The molecule has 5 nitrogen and oxygen atoms in total. The fraction of sp³-hybridized carbons (Fsp3) is 0.412. The molecule has 3 N–H and O–H groups in total. The number of amides is 2. The van der Waals surface area contributed by atoms with Crippen molar-refractivity contribution in [2.75, 3.05) is 18.9 Å². The summed E-state index contributed by atoms with van der Waals surface area (Å²) in [4.78, 5) is 28.4. The Balaban J connectivity index is 1.66. The summed E-state index contributed by atoms with van der Waals surface area (Å²) in [6.07, 6.45) is 3.99. The number of likely N-dealkylation sites (N-methyl/N-ethyl adjacent to an activating group) is 1. The topological polar surface area (TPSA) is 75.4 Å². The zero-order valence-electron chi connectivity index (χ0n) is 13.9. The van der Waals surface area contributed by atoms with E-state index in [9.17, 15) is 9.59 Å². The molecular formula is C17H20ClN3O2S2. The number of thiophene rings is 2. The van der Waals surface area contributed by atoms with Crippen LogP contribution in [0.4, 0.5) is 5.00 Å². The standard InChI is InChI=1S/C17H20ClN3O2S2/c1-21(8-10-6-7-13(18)24-10)9-14(22)20-17-15(16(19)23)11-4-2-3-5-12(11)25-17/h6-7H,2-5,8-9H2,1H3,(H2,19,23)(H,20,22). The number of nitrogens with zero attached hydrogens (tertiary/aromatic N) is 1. The number of hydrogen-bond donors (Lipinski definition) is 2. The minimum atomic E-state index is -0.462. The number of nitrogens with one attached hydrogen (secondary N) is 1. The van der Waals surface area contributed by atoms with Gasteiger partial charge in [-0.25, -0.2) is 0 Å². The molecule has 0 saturated heterocycles. The Bertz CT molecular complexity index is 800. The fourth-order valence-corrected chi connectivity index (χ4v) is 5.56. The molecule has 2 amide bonds. The minimum absolute atomic E-state index is 0.147. The summed E-state index contributed by atoms with van der Waals surface area (Å²) in [5, 5.41) is 3.48. The summed E-state index contributed by atoms with van der Waals surface area (Å²) >= 11 is 8.92. The number of rotatable bonds is 6. The van der Waals surface area contributed by atoms with Gasteiger partial charge in [0.1, 0.15) is 5.00 Å². The highest BCUT2D eigenvalue weighted by Gasteiger charge is 2.25. The van der Waals surface area contributed by atoms with E-state index in [4.69, 9.17) is 17.3 Å². The van der Waals surface area contributed by atoms with Gasteiger partial charge in [-0.3, -0.25) is 14.5 Å². The molecule has 0 saturated carbocycles. The third kappa shape index (κ3) is 4.41. The van der Waals surface area contributed by atoms with Gasteiger partial charge in [-0.05, 0) is 50.4 Å². The molecule has 8 heteroatoms. The summed E-state index contributed by atoms with van der Waals surface area (Å²) in [7, 11) is 1.88. The summed E-state index contributed by atoms with van der Waals surface area (Å²) in [6, 6.07) is 3.81. The van der Waals surface area contributed by atoms with Crippen LogP contribution in [0.1, 0.15) is 38.5 Å². The first-order chi connectivity index (χ1) is 11.9. The smallest absolute Gasteiger partial charge is 0.251 e. The van der Waals surface area contributed by atoms with Gasteiger partial charge >= 0.3 is 0 Å². The molecule has 25 heavy (non-hydrogen) atoms. The molecule has 0 aliphatic heterocycles. The lowest BCUT2D eigenvalue weighted by Crippen LogP contribution is -2.30. The van der Waals surface area contributed by atoms with Crippen molar-refractivity contribution < 1.29 is 9.59 Å². The van der Waals surface area contributed by atoms with Crippen molar-refractivity contribution in [1.29, 1.82) is 0 Å². The highest BCUT2D eigenvalue weighted by Crippen LogP contribution is 2.37. The maximum Gasteiger partial charge on any atom is 0.251 e. The first kappa shape index (κ1) is 18.4. The van der Waals surface area contributed by atoms with Gasteiger partial charge in [0.25, 0.3) is 5.91 Å². The van der Waals surface area contributed by atoms with Gasteiger partial charge in [0.05, 0.1) is 16.4 Å². The SMILES string of the molecule is CN(CC(=O)Nc1sc2c(c1C(N)=O)CCCC2)Cc1ccc(Cl)s1. The zero-order chi connectivity index (χ0) is 18.0. The second kappa shape index (κ2) is 7.86. The second-order valence-electron chi connectivity index (χ2n) is 6.21. The first-order valence-electron chi connectivity index (χ1n) is 8.11. The average Bonchev–Trinajstić information content (AvgIpc) is 3.09. The summed E-state index contributed by atoms with van der Waals surface area (Å²) in [5.41, 5.74) is 7.09. The van der Waals surface area contributed by atoms with Crippen LogP contribution >= 0.6 is 34.3 Å². The van der Waals surface area contributed by atoms with Crippen LogP contribution in [0.3, 0.4) is 0 Å². The van der Waals surface area contributed by atoms with Crippen LogP contribution < -0.4 is 11.1 Å². The number of halogens is 1. The Kier molecular flexibility index (Phi) is 5.78. The Labute approximate surface area is 159 Å². The summed E-state index contributed by atoms with van der Waals surface area (Å²) < 4.78 is 0.739. The maximum atomic E-state index is 12.4. The van der Waals surface area contributed by atoms with E-state index in [2.05, 4.69) is 5.32 Å². The molecule has 0 atom stereocenters. The van der Waals surface area contributed by atoms with Gasteiger partial charge in [-0.1, -0.05) is 11.6 Å². The van der Waals surface area contributed by atoms with Gasteiger partial charge in [-0.15, -0.1) is 22.7 Å². The lowest BCUT2D eigenvalue weighted by molar-refractivity contribution is -0.117. The molecular weight excluding hydrogens is 378 g/mol.